The number of carbonyl (C=O) groups is 1. The summed E-state index contributed by atoms with van der Waals surface area (Å²) in [7, 11) is 1.65. The lowest BCUT2D eigenvalue weighted by molar-refractivity contribution is -0.121. The summed E-state index contributed by atoms with van der Waals surface area (Å²) in [6.07, 6.45) is 0.434. The summed E-state index contributed by atoms with van der Waals surface area (Å²) < 4.78 is 11.4. The Bertz CT molecular complexity index is 745. The van der Waals surface area contributed by atoms with Crippen LogP contribution in [0.1, 0.15) is 29.7 Å². The molecule has 23 heavy (non-hydrogen) atoms. The second-order valence-corrected chi connectivity index (χ2v) is 5.79. The molecule has 0 aromatic heterocycles. The van der Waals surface area contributed by atoms with Gasteiger partial charge in [-0.25, -0.2) is 0 Å². The van der Waals surface area contributed by atoms with Gasteiger partial charge in [-0.2, -0.15) is 0 Å². The number of benzene rings is 2. The molecule has 2 aromatic rings. The average molecular weight is 332 g/mol. The van der Waals surface area contributed by atoms with Crippen LogP contribution in [0, 0.1) is 0 Å². The second kappa shape index (κ2) is 6.60. The fourth-order valence-electron chi connectivity index (χ4n) is 2.95. The van der Waals surface area contributed by atoms with Crippen LogP contribution in [0.2, 0.25) is 5.02 Å². The summed E-state index contributed by atoms with van der Waals surface area (Å²) in [5.74, 6) is 0.651. The molecular weight excluding hydrogens is 314 g/mol. The topological polar surface area (TPSA) is 47.6 Å². The molecule has 3 rings (SSSR count). The number of rotatable bonds is 3. The van der Waals surface area contributed by atoms with Gasteiger partial charge in [0, 0.05) is 16.3 Å². The van der Waals surface area contributed by atoms with E-state index in [4.69, 9.17) is 21.1 Å². The molecule has 0 saturated heterocycles. The quantitative estimate of drug-likeness (QED) is 0.925. The predicted molar refractivity (Wildman–Crippen MR) is 90.2 cm³/mol. The first-order chi connectivity index (χ1) is 11.1. The van der Waals surface area contributed by atoms with Crippen molar-refractivity contribution in [3.63, 3.8) is 0 Å². The van der Waals surface area contributed by atoms with E-state index in [1.54, 1.807) is 13.2 Å². The van der Waals surface area contributed by atoms with Gasteiger partial charge in [0.1, 0.15) is 18.5 Å². The monoisotopic (exact) mass is 331 g/mol. The minimum absolute atomic E-state index is 0.00265. The van der Waals surface area contributed by atoms with Crippen molar-refractivity contribution in [2.24, 2.45) is 0 Å². The molecule has 120 valence electrons. The zero-order valence-electron chi connectivity index (χ0n) is 13.1. The van der Waals surface area contributed by atoms with Crippen molar-refractivity contribution >= 4 is 23.2 Å². The molecule has 1 atom stereocenters. The Hall–Kier alpha value is -2.04. The number of fused-ring (bicyclic) bond motifs is 1. The third kappa shape index (κ3) is 3.05. The van der Waals surface area contributed by atoms with Crippen LogP contribution in [-0.2, 0) is 16.0 Å². The first-order valence-corrected chi connectivity index (χ1v) is 7.88. The largest absolute Gasteiger partial charge is 0.496 e. The number of nitrogens with one attached hydrogen (secondary N) is 1. The van der Waals surface area contributed by atoms with Crippen LogP contribution in [0.25, 0.3) is 0 Å². The van der Waals surface area contributed by atoms with Crippen molar-refractivity contribution in [3.05, 3.63) is 58.1 Å². The van der Waals surface area contributed by atoms with Gasteiger partial charge in [-0.05, 0) is 41.8 Å². The van der Waals surface area contributed by atoms with Crippen molar-refractivity contribution in [3.8, 4) is 5.75 Å². The van der Waals surface area contributed by atoms with Crippen molar-refractivity contribution < 1.29 is 14.3 Å². The highest BCUT2D eigenvalue weighted by atomic mass is 35.5. The van der Waals surface area contributed by atoms with E-state index in [2.05, 4.69) is 12.2 Å². The number of hydrogen-bond donors (Lipinski definition) is 1. The Morgan fingerprint density at radius 1 is 1.30 bits per heavy atom. The molecule has 5 heteroatoms. The standard InChI is InChI=1S/C18H18ClNO3/c1-3-12-13(5-4-6-16(12)22-2)18-14-9-11(19)7-8-15(14)20-17(21)10-23-18/h4-9,18H,3,10H2,1-2H3,(H,20,21)/t18-/m1/s1. The number of methoxy groups -OCH3 is 1. The maximum atomic E-state index is 11.9. The molecule has 1 heterocycles. The maximum Gasteiger partial charge on any atom is 0.250 e. The Balaban J connectivity index is 2.17. The van der Waals surface area contributed by atoms with Gasteiger partial charge in [0.15, 0.2) is 0 Å². The van der Waals surface area contributed by atoms with E-state index in [0.717, 1.165) is 34.5 Å². The van der Waals surface area contributed by atoms with E-state index >= 15 is 0 Å². The van der Waals surface area contributed by atoms with Gasteiger partial charge in [-0.1, -0.05) is 30.7 Å². The molecule has 0 unspecified atom stereocenters. The van der Waals surface area contributed by atoms with Crippen LogP contribution < -0.4 is 10.1 Å². The lowest BCUT2D eigenvalue weighted by Crippen LogP contribution is -2.16. The zero-order valence-corrected chi connectivity index (χ0v) is 13.8. The van der Waals surface area contributed by atoms with Gasteiger partial charge >= 0.3 is 0 Å². The van der Waals surface area contributed by atoms with E-state index < -0.39 is 0 Å². The summed E-state index contributed by atoms with van der Waals surface area (Å²) in [4.78, 5) is 11.9. The van der Waals surface area contributed by atoms with Crippen LogP contribution in [0.4, 0.5) is 5.69 Å². The molecule has 4 nitrogen and oxygen atoms in total. The lowest BCUT2D eigenvalue weighted by atomic mass is 9.93. The number of hydrogen-bond acceptors (Lipinski definition) is 3. The normalized spacial score (nSPS) is 17.2. The molecule has 1 aliphatic rings. The molecule has 0 spiro atoms. The van der Waals surface area contributed by atoms with E-state index in [-0.39, 0.29) is 18.6 Å². The van der Waals surface area contributed by atoms with Crippen molar-refractivity contribution in [2.45, 2.75) is 19.4 Å². The van der Waals surface area contributed by atoms with Gasteiger partial charge in [0.2, 0.25) is 5.91 Å². The molecule has 2 aromatic carbocycles. The first-order valence-electron chi connectivity index (χ1n) is 7.50. The summed E-state index contributed by atoms with van der Waals surface area (Å²) in [5, 5.41) is 3.47. The van der Waals surface area contributed by atoms with Crippen molar-refractivity contribution in [1.29, 1.82) is 0 Å². The zero-order chi connectivity index (χ0) is 16.4. The molecule has 0 radical (unpaired) electrons. The fraction of sp³-hybridized carbons (Fsp3) is 0.278. The highest BCUT2D eigenvalue weighted by Gasteiger charge is 2.27. The van der Waals surface area contributed by atoms with E-state index in [1.807, 2.05) is 30.3 Å². The molecule has 0 aliphatic carbocycles. The van der Waals surface area contributed by atoms with Crippen LogP contribution in [0.5, 0.6) is 5.75 Å². The van der Waals surface area contributed by atoms with Crippen LogP contribution in [0.15, 0.2) is 36.4 Å². The number of anilines is 1. The molecule has 1 amide bonds. The number of halogens is 1. The SMILES string of the molecule is CCc1c(OC)cccc1[C@H]1OCC(=O)Nc2ccc(Cl)cc21. The molecule has 1 N–H and O–H groups in total. The summed E-state index contributed by atoms with van der Waals surface area (Å²) in [6, 6.07) is 11.3. The third-order valence-electron chi connectivity index (χ3n) is 3.98. The minimum atomic E-state index is -0.368. The summed E-state index contributed by atoms with van der Waals surface area (Å²) in [5.41, 5.74) is 3.64. The van der Waals surface area contributed by atoms with Gasteiger partial charge in [-0.3, -0.25) is 4.79 Å². The van der Waals surface area contributed by atoms with E-state index in [9.17, 15) is 4.79 Å². The van der Waals surface area contributed by atoms with Gasteiger partial charge in [-0.15, -0.1) is 0 Å². The van der Waals surface area contributed by atoms with Gasteiger partial charge in [0.25, 0.3) is 0 Å². The average Bonchev–Trinajstić information content (AvgIpc) is 2.72. The van der Waals surface area contributed by atoms with Gasteiger partial charge < -0.3 is 14.8 Å². The minimum Gasteiger partial charge on any atom is -0.496 e. The predicted octanol–water partition coefficient (Wildman–Crippen LogP) is 3.97. The Morgan fingerprint density at radius 3 is 2.87 bits per heavy atom. The Morgan fingerprint density at radius 2 is 2.13 bits per heavy atom. The number of amides is 1. The Kier molecular flexibility index (Phi) is 4.55. The third-order valence-corrected chi connectivity index (χ3v) is 4.21. The highest BCUT2D eigenvalue weighted by molar-refractivity contribution is 6.30. The van der Waals surface area contributed by atoms with Crippen molar-refractivity contribution in [2.75, 3.05) is 19.0 Å². The molecule has 0 saturated carbocycles. The van der Waals surface area contributed by atoms with E-state index in [0.29, 0.717) is 5.02 Å². The van der Waals surface area contributed by atoms with Crippen LogP contribution in [-0.4, -0.2) is 19.6 Å². The van der Waals surface area contributed by atoms with Gasteiger partial charge in [0.05, 0.1) is 7.11 Å². The number of carbonyl (C=O) groups excluding carboxylic acids is 1. The maximum absolute atomic E-state index is 11.9. The van der Waals surface area contributed by atoms with E-state index in [1.165, 1.54) is 0 Å². The molecule has 1 aliphatic heterocycles. The summed E-state index contributed by atoms with van der Waals surface area (Å²) >= 11 is 6.16. The second-order valence-electron chi connectivity index (χ2n) is 5.35. The Labute approximate surface area is 140 Å². The molecular formula is C18H18ClNO3. The van der Waals surface area contributed by atoms with Crippen LogP contribution in [0.3, 0.4) is 0 Å². The van der Waals surface area contributed by atoms with Crippen molar-refractivity contribution in [1.82, 2.24) is 0 Å². The first kappa shape index (κ1) is 15.8. The lowest BCUT2D eigenvalue weighted by Gasteiger charge is -2.22. The number of ether oxygens (including phenoxy) is 2. The molecule has 0 bridgehead atoms. The van der Waals surface area contributed by atoms with Crippen LogP contribution >= 0.6 is 11.6 Å². The summed E-state index contributed by atoms with van der Waals surface area (Å²) in [6.45, 7) is 2.07. The smallest absolute Gasteiger partial charge is 0.250 e. The molecule has 0 fully saturated rings. The fourth-order valence-corrected chi connectivity index (χ4v) is 3.14. The highest BCUT2D eigenvalue weighted by Crippen LogP contribution is 2.38.